The maximum Gasteiger partial charge on any atom is 0.326 e. The molecule has 7 heteroatoms. The molecule has 1 N–H and O–H groups in total. The average Bonchev–Trinajstić information content (AvgIpc) is 3.39. The first kappa shape index (κ1) is 16.6. The van der Waals surface area contributed by atoms with Gasteiger partial charge in [0.1, 0.15) is 0 Å². The van der Waals surface area contributed by atoms with Crippen molar-refractivity contribution < 1.29 is 9.59 Å². The van der Waals surface area contributed by atoms with E-state index in [-0.39, 0.29) is 29.6 Å². The summed E-state index contributed by atoms with van der Waals surface area (Å²) in [6.07, 6.45) is 5.83. The lowest BCUT2D eigenvalue weighted by Crippen LogP contribution is -2.53. The second-order valence-electron chi connectivity index (χ2n) is 8.00. The number of rotatable bonds is 2. The normalized spacial score (nSPS) is 23.4. The Bertz CT molecular complexity index is 969. The van der Waals surface area contributed by atoms with Crippen LogP contribution in [-0.4, -0.2) is 56.8 Å². The van der Waals surface area contributed by atoms with Gasteiger partial charge in [0.2, 0.25) is 5.91 Å². The van der Waals surface area contributed by atoms with Gasteiger partial charge >= 0.3 is 5.69 Å². The largest absolute Gasteiger partial charge is 0.336 e. The van der Waals surface area contributed by atoms with Gasteiger partial charge in [0.15, 0.2) is 0 Å². The molecular weight excluding hydrogens is 344 g/mol. The molecule has 3 fully saturated rings. The molecule has 5 rings (SSSR count). The molecule has 1 saturated carbocycles. The molecule has 1 aromatic heterocycles. The van der Waals surface area contributed by atoms with Crippen LogP contribution in [0, 0.1) is 0 Å². The molecule has 1 aliphatic carbocycles. The van der Waals surface area contributed by atoms with Crippen LogP contribution in [0.4, 0.5) is 0 Å². The highest BCUT2D eigenvalue weighted by molar-refractivity contribution is 5.97. The summed E-state index contributed by atoms with van der Waals surface area (Å²) in [6.45, 7) is 1.79. The molecule has 0 spiro atoms. The van der Waals surface area contributed by atoms with Crippen molar-refractivity contribution in [1.82, 2.24) is 19.4 Å². The van der Waals surface area contributed by atoms with Crippen LogP contribution in [0.3, 0.4) is 0 Å². The Morgan fingerprint density at radius 1 is 1.04 bits per heavy atom. The van der Waals surface area contributed by atoms with Gasteiger partial charge in [-0.25, -0.2) is 4.79 Å². The third-order valence-corrected chi connectivity index (χ3v) is 6.43. The van der Waals surface area contributed by atoms with Gasteiger partial charge in [-0.3, -0.25) is 14.2 Å². The Kier molecular flexibility index (Phi) is 3.84. The van der Waals surface area contributed by atoms with Gasteiger partial charge in [-0.05, 0) is 37.5 Å². The summed E-state index contributed by atoms with van der Waals surface area (Å²) < 4.78 is 1.86. The van der Waals surface area contributed by atoms with Crippen molar-refractivity contribution in [2.75, 3.05) is 19.6 Å². The summed E-state index contributed by atoms with van der Waals surface area (Å²) in [6, 6.07) is 5.95. The Morgan fingerprint density at radius 3 is 2.67 bits per heavy atom. The Labute approximate surface area is 156 Å². The highest BCUT2D eigenvalue weighted by Gasteiger charge is 2.37. The molecular formula is C20H24N4O3. The number of benzene rings is 1. The first-order chi connectivity index (χ1) is 13.1. The minimum absolute atomic E-state index is 0.0228. The van der Waals surface area contributed by atoms with E-state index in [9.17, 15) is 14.4 Å². The van der Waals surface area contributed by atoms with Gasteiger partial charge in [-0.1, -0.05) is 12.8 Å². The van der Waals surface area contributed by atoms with Crippen LogP contribution < -0.4 is 5.69 Å². The number of amides is 2. The number of hydrogen-bond donors (Lipinski definition) is 1. The fourth-order valence-electron chi connectivity index (χ4n) is 5.02. The third-order valence-electron chi connectivity index (χ3n) is 6.43. The zero-order valence-corrected chi connectivity index (χ0v) is 15.3. The summed E-state index contributed by atoms with van der Waals surface area (Å²) in [7, 11) is 0. The van der Waals surface area contributed by atoms with Crippen LogP contribution in [0.15, 0.2) is 23.0 Å². The predicted molar refractivity (Wildman–Crippen MR) is 101 cm³/mol. The molecule has 7 nitrogen and oxygen atoms in total. The van der Waals surface area contributed by atoms with Crippen LogP contribution in [0.1, 0.15) is 54.9 Å². The second-order valence-corrected chi connectivity index (χ2v) is 8.00. The van der Waals surface area contributed by atoms with Crippen LogP contribution in [-0.2, 0) is 4.79 Å². The number of aromatic amines is 1. The number of carbonyl (C=O) groups excluding carboxylic acids is 2. The molecule has 3 heterocycles. The van der Waals surface area contributed by atoms with E-state index >= 15 is 0 Å². The van der Waals surface area contributed by atoms with E-state index in [1.807, 2.05) is 26.5 Å². The van der Waals surface area contributed by atoms with Crippen molar-refractivity contribution in [2.24, 2.45) is 0 Å². The number of carbonyl (C=O) groups is 2. The molecule has 142 valence electrons. The average molecular weight is 368 g/mol. The zero-order chi connectivity index (χ0) is 18.5. The molecule has 1 atom stereocenters. The van der Waals surface area contributed by atoms with Crippen molar-refractivity contribution in [3.63, 3.8) is 0 Å². The fourth-order valence-corrected chi connectivity index (χ4v) is 5.02. The molecule has 1 unspecified atom stereocenters. The van der Waals surface area contributed by atoms with Gasteiger partial charge in [-0.2, -0.15) is 0 Å². The van der Waals surface area contributed by atoms with E-state index in [1.165, 1.54) is 0 Å². The van der Waals surface area contributed by atoms with Crippen molar-refractivity contribution in [3.05, 3.63) is 34.2 Å². The van der Waals surface area contributed by atoms with E-state index in [1.54, 1.807) is 6.07 Å². The molecule has 3 aliphatic rings. The van der Waals surface area contributed by atoms with Crippen molar-refractivity contribution >= 4 is 22.8 Å². The molecule has 2 amide bonds. The lowest BCUT2D eigenvalue weighted by Gasteiger charge is -2.37. The molecule has 27 heavy (non-hydrogen) atoms. The predicted octanol–water partition coefficient (Wildman–Crippen LogP) is 1.89. The Morgan fingerprint density at radius 2 is 1.85 bits per heavy atom. The minimum atomic E-state index is -0.0837. The Balaban J connectivity index is 1.41. The monoisotopic (exact) mass is 368 g/mol. The minimum Gasteiger partial charge on any atom is -0.336 e. The van der Waals surface area contributed by atoms with E-state index in [2.05, 4.69) is 4.98 Å². The maximum absolute atomic E-state index is 13.0. The van der Waals surface area contributed by atoms with E-state index in [0.717, 1.165) is 43.1 Å². The summed E-state index contributed by atoms with van der Waals surface area (Å²) >= 11 is 0. The quantitative estimate of drug-likeness (QED) is 0.879. The van der Waals surface area contributed by atoms with Gasteiger partial charge in [-0.15, -0.1) is 0 Å². The van der Waals surface area contributed by atoms with E-state index < -0.39 is 0 Å². The number of H-pyrrole nitrogens is 1. The number of fused-ring (bicyclic) bond motifs is 2. The molecule has 2 saturated heterocycles. The topological polar surface area (TPSA) is 78.4 Å². The van der Waals surface area contributed by atoms with Crippen LogP contribution in [0.25, 0.3) is 11.0 Å². The van der Waals surface area contributed by atoms with Gasteiger partial charge in [0.05, 0.1) is 11.0 Å². The molecule has 1 aromatic carbocycles. The van der Waals surface area contributed by atoms with Crippen LogP contribution in [0.2, 0.25) is 0 Å². The van der Waals surface area contributed by atoms with Crippen molar-refractivity contribution in [3.8, 4) is 0 Å². The van der Waals surface area contributed by atoms with E-state index in [4.69, 9.17) is 0 Å². The summed E-state index contributed by atoms with van der Waals surface area (Å²) in [4.78, 5) is 43.9. The lowest BCUT2D eigenvalue weighted by atomic mass is 10.1. The zero-order valence-electron chi connectivity index (χ0n) is 15.3. The summed E-state index contributed by atoms with van der Waals surface area (Å²) in [5, 5.41) is 0. The first-order valence-electron chi connectivity index (χ1n) is 9.95. The first-order valence-corrected chi connectivity index (χ1v) is 9.95. The number of hydrogen-bond acceptors (Lipinski definition) is 3. The van der Waals surface area contributed by atoms with E-state index in [0.29, 0.717) is 31.6 Å². The second kappa shape index (κ2) is 6.25. The van der Waals surface area contributed by atoms with Crippen molar-refractivity contribution in [2.45, 2.75) is 50.6 Å². The molecule has 2 aromatic rings. The standard InChI is InChI=1S/C20H24N4O3/c25-18-8-6-15-12-22(9-10-23(15)18)19(26)13-5-7-17-16(11-13)21-20(27)24(17)14-3-1-2-4-14/h5,7,11,14-15H,1-4,6,8-10,12H2,(H,21,27). The van der Waals surface area contributed by atoms with Crippen LogP contribution in [0.5, 0.6) is 0 Å². The number of imidazole rings is 1. The highest BCUT2D eigenvalue weighted by Crippen LogP contribution is 2.31. The summed E-state index contributed by atoms with van der Waals surface area (Å²) in [5.41, 5.74) is 2.13. The van der Waals surface area contributed by atoms with Crippen LogP contribution >= 0.6 is 0 Å². The van der Waals surface area contributed by atoms with Gasteiger partial charge in [0, 0.05) is 43.7 Å². The number of nitrogens with one attached hydrogen (secondary N) is 1. The molecule has 2 aliphatic heterocycles. The highest BCUT2D eigenvalue weighted by atomic mass is 16.2. The number of nitrogens with zero attached hydrogens (tertiary/aromatic N) is 3. The van der Waals surface area contributed by atoms with Crippen molar-refractivity contribution in [1.29, 1.82) is 0 Å². The van der Waals surface area contributed by atoms with Gasteiger partial charge in [0.25, 0.3) is 5.91 Å². The fraction of sp³-hybridized carbons (Fsp3) is 0.550. The van der Waals surface area contributed by atoms with Gasteiger partial charge < -0.3 is 14.8 Å². The Hall–Kier alpha value is -2.57. The number of aromatic nitrogens is 2. The smallest absolute Gasteiger partial charge is 0.326 e. The lowest BCUT2D eigenvalue weighted by molar-refractivity contribution is -0.130. The third kappa shape index (κ3) is 2.67. The molecule has 0 bridgehead atoms. The number of piperazine rings is 1. The maximum atomic E-state index is 13.0. The molecule has 0 radical (unpaired) electrons. The SMILES string of the molecule is O=C(c1ccc2c(c1)[nH]c(=O)n2C1CCCC1)N1CCN2C(=O)CCC2C1. The summed E-state index contributed by atoms with van der Waals surface area (Å²) in [5.74, 6) is 0.185.